The quantitative estimate of drug-likeness (QED) is 0.781. The number of rotatable bonds is 4. The van der Waals surface area contributed by atoms with Gasteiger partial charge in [-0.05, 0) is 45.2 Å². The fraction of sp³-hybridized carbons (Fsp3) is 0.800. The summed E-state index contributed by atoms with van der Waals surface area (Å²) in [4.78, 5) is 4.09. The third-order valence-corrected chi connectivity index (χ3v) is 2.76. The molecule has 1 atom stereocenters. The maximum Gasteiger partial charge on any atom is 0.321 e. The van der Waals surface area contributed by atoms with Crippen LogP contribution in [-0.4, -0.2) is 29.8 Å². The van der Waals surface area contributed by atoms with Gasteiger partial charge in [0, 0.05) is 6.54 Å². The van der Waals surface area contributed by atoms with Crippen LogP contribution >= 0.6 is 0 Å². The summed E-state index contributed by atoms with van der Waals surface area (Å²) in [6.07, 6.45) is 3.79. The van der Waals surface area contributed by atoms with Crippen LogP contribution in [0.3, 0.4) is 0 Å². The number of hydrogen-bond acceptors (Lipinski definition) is 5. The lowest BCUT2D eigenvalue weighted by Crippen LogP contribution is -2.30. The molecular formula is C10H18N4O. The Kier molecular flexibility index (Phi) is 3.55. The van der Waals surface area contributed by atoms with Crippen molar-refractivity contribution in [1.29, 1.82) is 0 Å². The fourth-order valence-corrected chi connectivity index (χ4v) is 1.92. The zero-order valence-electron chi connectivity index (χ0n) is 9.12. The summed E-state index contributed by atoms with van der Waals surface area (Å²) in [7, 11) is 0. The van der Waals surface area contributed by atoms with Gasteiger partial charge in [0.15, 0.2) is 5.82 Å². The van der Waals surface area contributed by atoms with Crippen molar-refractivity contribution in [3.63, 3.8) is 0 Å². The molecule has 2 N–H and O–H groups in total. The summed E-state index contributed by atoms with van der Waals surface area (Å²) < 4.78 is 4.97. The Bertz CT molecular complexity index is 293. The van der Waals surface area contributed by atoms with Gasteiger partial charge in [-0.2, -0.15) is 4.98 Å². The van der Waals surface area contributed by atoms with Crippen LogP contribution in [0.15, 0.2) is 4.52 Å². The molecule has 5 heteroatoms. The normalized spacial score (nSPS) is 21.5. The first-order chi connectivity index (χ1) is 7.34. The van der Waals surface area contributed by atoms with Gasteiger partial charge in [0.25, 0.3) is 0 Å². The molecule has 1 aliphatic rings. The summed E-state index contributed by atoms with van der Waals surface area (Å²) >= 11 is 0. The summed E-state index contributed by atoms with van der Waals surface area (Å²) in [6, 6.07) is 0.538. The van der Waals surface area contributed by atoms with Gasteiger partial charge < -0.3 is 15.2 Å². The van der Waals surface area contributed by atoms with E-state index in [4.69, 9.17) is 4.52 Å². The molecule has 0 radical (unpaired) electrons. The first kappa shape index (κ1) is 10.4. The van der Waals surface area contributed by atoms with Crippen LogP contribution in [0.5, 0.6) is 0 Å². The first-order valence-corrected chi connectivity index (χ1v) is 5.59. The highest BCUT2D eigenvalue weighted by atomic mass is 16.5. The van der Waals surface area contributed by atoms with Gasteiger partial charge in [-0.15, -0.1) is 0 Å². The monoisotopic (exact) mass is 210 g/mol. The lowest BCUT2D eigenvalue weighted by atomic mass is 9.96. The van der Waals surface area contributed by atoms with Crippen molar-refractivity contribution in [2.45, 2.75) is 26.2 Å². The van der Waals surface area contributed by atoms with Crippen molar-refractivity contribution in [3.8, 4) is 0 Å². The molecule has 2 rings (SSSR count). The molecule has 1 saturated heterocycles. The van der Waals surface area contributed by atoms with Crippen LogP contribution in [0.1, 0.15) is 25.1 Å². The van der Waals surface area contributed by atoms with E-state index >= 15 is 0 Å². The van der Waals surface area contributed by atoms with E-state index in [0.717, 1.165) is 25.4 Å². The van der Waals surface area contributed by atoms with Crippen molar-refractivity contribution in [3.05, 3.63) is 5.82 Å². The Morgan fingerprint density at radius 2 is 2.53 bits per heavy atom. The van der Waals surface area contributed by atoms with E-state index in [1.54, 1.807) is 0 Å². The molecule has 0 saturated carbocycles. The molecule has 15 heavy (non-hydrogen) atoms. The minimum atomic E-state index is 0.538. The first-order valence-electron chi connectivity index (χ1n) is 5.59. The Labute approximate surface area is 89.6 Å². The number of aryl methyl sites for hydroxylation is 1. The lowest BCUT2D eigenvalue weighted by molar-refractivity contribution is 0.362. The number of aromatic nitrogens is 2. The molecule has 0 bridgehead atoms. The minimum Gasteiger partial charge on any atom is -0.338 e. The molecule has 0 aliphatic carbocycles. The van der Waals surface area contributed by atoms with Crippen molar-refractivity contribution < 1.29 is 4.52 Å². The van der Waals surface area contributed by atoms with Crippen LogP contribution in [0.25, 0.3) is 0 Å². The number of anilines is 1. The van der Waals surface area contributed by atoms with E-state index in [-0.39, 0.29) is 0 Å². The maximum absolute atomic E-state index is 4.97. The van der Waals surface area contributed by atoms with Gasteiger partial charge in [-0.25, -0.2) is 0 Å². The minimum absolute atomic E-state index is 0.538. The van der Waals surface area contributed by atoms with E-state index in [1.807, 2.05) is 6.92 Å². The van der Waals surface area contributed by atoms with Gasteiger partial charge in [0.2, 0.25) is 0 Å². The zero-order chi connectivity index (χ0) is 10.5. The van der Waals surface area contributed by atoms with Crippen LogP contribution in [0, 0.1) is 12.8 Å². The standard InChI is InChI=1S/C10H18N4O/c1-8-13-10(15-14-8)12-6-4-9-3-2-5-11-7-9/h9,11H,2-7H2,1H3,(H,12,13,14). The van der Waals surface area contributed by atoms with E-state index in [2.05, 4.69) is 20.8 Å². The Morgan fingerprint density at radius 3 is 3.20 bits per heavy atom. The molecule has 1 aliphatic heterocycles. The Morgan fingerprint density at radius 1 is 1.60 bits per heavy atom. The third-order valence-electron chi connectivity index (χ3n) is 2.76. The van der Waals surface area contributed by atoms with E-state index < -0.39 is 0 Å². The van der Waals surface area contributed by atoms with Crippen molar-refractivity contribution in [1.82, 2.24) is 15.5 Å². The molecule has 5 nitrogen and oxygen atoms in total. The molecule has 1 fully saturated rings. The van der Waals surface area contributed by atoms with E-state index in [0.29, 0.717) is 11.8 Å². The summed E-state index contributed by atoms with van der Waals surface area (Å²) in [5, 5.41) is 10.3. The van der Waals surface area contributed by atoms with Crippen LogP contribution in [0.2, 0.25) is 0 Å². The molecule has 0 aromatic carbocycles. The third kappa shape index (κ3) is 3.20. The highest BCUT2D eigenvalue weighted by Crippen LogP contribution is 2.14. The van der Waals surface area contributed by atoms with Crippen LogP contribution in [-0.2, 0) is 0 Å². The second-order valence-corrected chi connectivity index (χ2v) is 4.07. The van der Waals surface area contributed by atoms with E-state index in [1.165, 1.54) is 19.4 Å². The second kappa shape index (κ2) is 5.11. The average molecular weight is 210 g/mol. The molecule has 1 unspecified atom stereocenters. The zero-order valence-corrected chi connectivity index (χ0v) is 9.12. The molecule has 0 amide bonds. The van der Waals surface area contributed by atoms with E-state index in [9.17, 15) is 0 Å². The van der Waals surface area contributed by atoms with Gasteiger partial charge >= 0.3 is 6.01 Å². The lowest BCUT2D eigenvalue weighted by Gasteiger charge is -2.22. The fourth-order valence-electron chi connectivity index (χ4n) is 1.92. The number of piperidine rings is 1. The highest BCUT2D eigenvalue weighted by Gasteiger charge is 2.12. The number of hydrogen-bond donors (Lipinski definition) is 2. The molecule has 0 spiro atoms. The molecule has 84 valence electrons. The van der Waals surface area contributed by atoms with Gasteiger partial charge in [0.1, 0.15) is 0 Å². The van der Waals surface area contributed by atoms with Gasteiger partial charge in [-0.3, -0.25) is 0 Å². The summed E-state index contributed by atoms with van der Waals surface area (Å²) in [5.74, 6) is 1.46. The average Bonchev–Trinajstić information content (AvgIpc) is 2.66. The molecule has 1 aromatic rings. The van der Waals surface area contributed by atoms with Crippen molar-refractivity contribution >= 4 is 6.01 Å². The SMILES string of the molecule is Cc1noc(NCCC2CCCNC2)n1. The predicted octanol–water partition coefficient (Wildman–Crippen LogP) is 1.18. The summed E-state index contributed by atoms with van der Waals surface area (Å²) in [6.45, 7) is 5.05. The number of nitrogens with zero attached hydrogens (tertiary/aromatic N) is 2. The van der Waals surface area contributed by atoms with Crippen LogP contribution < -0.4 is 10.6 Å². The topological polar surface area (TPSA) is 63.0 Å². The van der Waals surface area contributed by atoms with Crippen LogP contribution in [0.4, 0.5) is 6.01 Å². The molecule has 1 aromatic heterocycles. The van der Waals surface area contributed by atoms with Crippen molar-refractivity contribution in [2.24, 2.45) is 5.92 Å². The second-order valence-electron chi connectivity index (χ2n) is 4.07. The van der Waals surface area contributed by atoms with Crippen molar-refractivity contribution in [2.75, 3.05) is 25.0 Å². The smallest absolute Gasteiger partial charge is 0.321 e. The maximum atomic E-state index is 4.97. The summed E-state index contributed by atoms with van der Waals surface area (Å²) in [5.41, 5.74) is 0. The predicted molar refractivity (Wildman–Crippen MR) is 57.7 cm³/mol. The Hall–Kier alpha value is -1.10. The molecular weight excluding hydrogens is 192 g/mol. The Balaban J connectivity index is 1.65. The highest BCUT2D eigenvalue weighted by molar-refractivity contribution is 5.17. The number of nitrogens with one attached hydrogen (secondary N) is 2. The van der Waals surface area contributed by atoms with Gasteiger partial charge in [-0.1, -0.05) is 5.16 Å². The van der Waals surface area contributed by atoms with Gasteiger partial charge in [0.05, 0.1) is 0 Å². The molecule has 2 heterocycles. The largest absolute Gasteiger partial charge is 0.338 e.